The second-order valence-electron chi connectivity index (χ2n) is 9.27. The van der Waals surface area contributed by atoms with Crippen molar-refractivity contribution in [2.24, 2.45) is 17.6 Å². The van der Waals surface area contributed by atoms with Crippen LogP contribution in [-0.4, -0.2) is 41.7 Å². The number of carbonyl (C=O) groups is 4. The molecule has 5 rings (SSSR count). The number of rotatable bonds is 5. The number of benzene rings is 2. The number of hydrogen-bond acceptors (Lipinski definition) is 6. The van der Waals surface area contributed by atoms with Gasteiger partial charge in [-0.2, -0.15) is 0 Å². The fourth-order valence-corrected chi connectivity index (χ4v) is 5.87. The Morgan fingerprint density at radius 2 is 1.88 bits per heavy atom. The summed E-state index contributed by atoms with van der Waals surface area (Å²) in [6, 6.07) is 10.2. The van der Waals surface area contributed by atoms with Crippen LogP contribution in [0.1, 0.15) is 28.7 Å². The van der Waals surface area contributed by atoms with Crippen molar-refractivity contribution in [1.82, 2.24) is 10.2 Å². The predicted molar refractivity (Wildman–Crippen MR) is 122 cm³/mol. The number of nitrogens with zero attached hydrogens (tertiary/aromatic N) is 1. The third-order valence-corrected chi connectivity index (χ3v) is 7.20. The topological polar surface area (TPSA) is 131 Å². The molecule has 176 valence electrons. The number of nitrogens with two attached hydrogens (primary N) is 1. The Labute approximate surface area is 196 Å². The Bertz CT molecular complexity index is 1260. The van der Waals surface area contributed by atoms with Gasteiger partial charge in [-0.1, -0.05) is 35.9 Å². The van der Waals surface area contributed by atoms with Crippen LogP contribution in [0.4, 0.5) is 5.69 Å². The van der Waals surface area contributed by atoms with Gasteiger partial charge < -0.3 is 15.8 Å². The standard InChI is InChI=1S/C25H26N4O5/c1-12-8-13(2)21-15(9-12)25(24(33)27-21)20-19(16(28-25)10-18(26)30)22(31)29(23(20)32)11-14-6-4-5-7-17(14)34-3/h4-9,16,19-20,28H,10-11H2,1-3H3,(H2,26,30)(H,27,33)/t16-,19+,20+,25+/m0/s1. The zero-order valence-electron chi connectivity index (χ0n) is 19.2. The summed E-state index contributed by atoms with van der Waals surface area (Å²) in [4.78, 5) is 54.1. The molecule has 0 aromatic heterocycles. The van der Waals surface area contributed by atoms with E-state index in [2.05, 4.69) is 10.6 Å². The lowest BCUT2D eigenvalue weighted by molar-refractivity contribution is -0.143. The van der Waals surface area contributed by atoms with Gasteiger partial charge in [0.25, 0.3) is 0 Å². The molecule has 1 spiro atoms. The van der Waals surface area contributed by atoms with Gasteiger partial charge in [0.1, 0.15) is 11.3 Å². The number of carbonyl (C=O) groups excluding carboxylic acids is 4. The quantitative estimate of drug-likeness (QED) is 0.571. The average Bonchev–Trinajstić information content (AvgIpc) is 3.35. The number of likely N-dealkylation sites (tertiary alicyclic amines) is 1. The Balaban J connectivity index is 1.63. The van der Waals surface area contributed by atoms with Crippen LogP contribution in [0.5, 0.6) is 5.75 Å². The van der Waals surface area contributed by atoms with E-state index in [-0.39, 0.29) is 13.0 Å². The summed E-state index contributed by atoms with van der Waals surface area (Å²) in [5, 5.41) is 6.13. The first-order valence-corrected chi connectivity index (χ1v) is 11.1. The molecule has 4 amide bonds. The van der Waals surface area contributed by atoms with Gasteiger partial charge in [0, 0.05) is 29.3 Å². The number of nitrogens with one attached hydrogen (secondary N) is 2. The molecule has 2 saturated heterocycles. The molecule has 2 aromatic rings. The molecular formula is C25H26N4O5. The van der Waals surface area contributed by atoms with E-state index < -0.39 is 47.0 Å². The summed E-state index contributed by atoms with van der Waals surface area (Å²) in [6.45, 7) is 3.80. The van der Waals surface area contributed by atoms with Gasteiger partial charge in [-0.3, -0.25) is 29.4 Å². The van der Waals surface area contributed by atoms with Crippen molar-refractivity contribution in [2.45, 2.75) is 38.4 Å². The molecule has 34 heavy (non-hydrogen) atoms. The highest BCUT2D eigenvalue weighted by Gasteiger charge is 2.70. The first kappa shape index (κ1) is 22.1. The fraction of sp³-hybridized carbons (Fsp3) is 0.360. The second-order valence-corrected chi connectivity index (χ2v) is 9.27. The first-order chi connectivity index (χ1) is 16.2. The van der Waals surface area contributed by atoms with E-state index in [0.717, 1.165) is 11.1 Å². The molecule has 9 heteroatoms. The molecule has 0 aliphatic carbocycles. The number of para-hydroxylation sites is 1. The number of methoxy groups -OCH3 is 1. The summed E-state index contributed by atoms with van der Waals surface area (Å²) in [5.41, 5.74) is 7.74. The summed E-state index contributed by atoms with van der Waals surface area (Å²) in [6.07, 6.45) is -0.169. The minimum absolute atomic E-state index is 0.00930. The van der Waals surface area contributed by atoms with Crippen molar-refractivity contribution in [3.05, 3.63) is 58.7 Å². The number of ether oxygens (including phenoxy) is 1. The average molecular weight is 463 g/mol. The summed E-state index contributed by atoms with van der Waals surface area (Å²) >= 11 is 0. The van der Waals surface area contributed by atoms with E-state index in [1.165, 1.54) is 12.0 Å². The van der Waals surface area contributed by atoms with Crippen molar-refractivity contribution >= 4 is 29.3 Å². The number of amides is 4. The molecule has 0 unspecified atom stereocenters. The van der Waals surface area contributed by atoms with Gasteiger partial charge in [0.2, 0.25) is 23.6 Å². The maximum atomic E-state index is 13.8. The maximum absolute atomic E-state index is 13.8. The van der Waals surface area contributed by atoms with Crippen LogP contribution in [0.3, 0.4) is 0 Å². The molecule has 2 aromatic carbocycles. The summed E-state index contributed by atoms with van der Waals surface area (Å²) < 4.78 is 5.39. The lowest BCUT2D eigenvalue weighted by Crippen LogP contribution is -2.53. The normalized spacial score (nSPS) is 27.2. The third kappa shape index (κ3) is 2.96. The van der Waals surface area contributed by atoms with Crippen molar-refractivity contribution in [3.8, 4) is 5.75 Å². The van der Waals surface area contributed by atoms with Gasteiger partial charge in [0.05, 0.1) is 25.5 Å². The van der Waals surface area contributed by atoms with E-state index in [1.807, 2.05) is 26.0 Å². The lowest BCUT2D eigenvalue weighted by Gasteiger charge is -2.29. The van der Waals surface area contributed by atoms with Crippen LogP contribution in [0.15, 0.2) is 36.4 Å². The number of aryl methyl sites for hydroxylation is 2. The number of imide groups is 1. The Morgan fingerprint density at radius 1 is 1.15 bits per heavy atom. The van der Waals surface area contributed by atoms with Crippen molar-refractivity contribution in [1.29, 1.82) is 0 Å². The van der Waals surface area contributed by atoms with Gasteiger partial charge in [-0.05, 0) is 25.5 Å². The third-order valence-electron chi connectivity index (χ3n) is 7.20. The largest absolute Gasteiger partial charge is 0.496 e. The fourth-order valence-electron chi connectivity index (χ4n) is 5.87. The van der Waals surface area contributed by atoms with E-state index in [1.54, 1.807) is 24.3 Å². The molecular weight excluding hydrogens is 436 g/mol. The summed E-state index contributed by atoms with van der Waals surface area (Å²) in [5.74, 6) is -3.25. The first-order valence-electron chi connectivity index (χ1n) is 11.1. The van der Waals surface area contributed by atoms with E-state index in [0.29, 0.717) is 22.6 Å². The van der Waals surface area contributed by atoms with Crippen molar-refractivity contribution in [2.75, 3.05) is 12.4 Å². The van der Waals surface area contributed by atoms with Gasteiger partial charge in [-0.25, -0.2) is 0 Å². The molecule has 0 saturated carbocycles. The lowest BCUT2D eigenvalue weighted by atomic mass is 9.76. The van der Waals surface area contributed by atoms with Crippen molar-refractivity contribution in [3.63, 3.8) is 0 Å². The Morgan fingerprint density at radius 3 is 2.59 bits per heavy atom. The molecule has 3 heterocycles. The number of anilines is 1. The maximum Gasteiger partial charge on any atom is 0.250 e. The molecule has 3 aliphatic heterocycles. The molecule has 4 N–H and O–H groups in total. The predicted octanol–water partition coefficient (Wildman–Crippen LogP) is 1.11. The smallest absolute Gasteiger partial charge is 0.250 e. The molecule has 9 nitrogen and oxygen atoms in total. The van der Waals surface area contributed by atoms with E-state index in [4.69, 9.17) is 10.5 Å². The molecule has 0 bridgehead atoms. The van der Waals surface area contributed by atoms with Crippen molar-refractivity contribution < 1.29 is 23.9 Å². The molecule has 3 aliphatic rings. The second kappa shape index (κ2) is 7.66. The summed E-state index contributed by atoms with van der Waals surface area (Å²) in [7, 11) is 1.52. The highest BCUT2D eigenvalue weighted by Crippen LogP contribution is 2.54. The minimum Gasteiger partial charge on any atom is -0.496 e. The van der Waals surface area contributed by atoms with Gasteiger partial charge >= 0.3 is 0 Å². The van der Waals surface area contributed by atoms with E-state index in [9.17, 15) is 19.2 Å². The Hall–Kier alpha value is -3.72. The number of primary amides is 1. The van der Waals surface area contributed by atoms with Crippen LogP contribution >= 0.6 is 0 Å². The zero-order chi connectivity index (χ0) is 24.4. The monoisotopic (exact) mass is 462 g/mol. The Kier molecular flexibility index (Phi) is 4.98. The van der Waals surface area contributed by atoms with E-state index >= 15 is 0 Å². The van der Waals surface area contributed by atoms with Gasteiger partial charge in [-0.15, -0.1) is 0 Å². The van der Waals surface area contributed by atoms with Crippen LogP contribution in [-0.2, 0) is 31.3 Å². The molecule has 4 atom stereocenters. The van der Waals surface area contributed by atoms with Gasteiger partial charge in [0.15, 0.2) is 0 Å². The minimum atomic E-state index is -1.46. The van der Waals surface area contributed by atoms with Crippen LogP contribution in [0.2, 0.25) is 0 Å². The van der Waals surface area contributed by atoms with Crippen LogP contribution in [0, 0.1) is 25.7 Å². The highest BCUT2D eigenvalue weighted by molar-refractivity contribution is 6.15. The van der Waals surface area contributed by atoms with Crippen LogP contribution in [0.25, 0.3) is 0 Å². The number of fused-ring (bicyclic) bond motifs is 4. The number of hydrogen-bond donors (Lipinski definition) is 3. The zero-order valence-corrected chi connectivity index (χ0v) is 19.2. The van der Waals surface area contributed by atoms with Crippen LogP contribution < -0.4 is 21.1 Å². The molecule has 2 fully saturated rings. The highest BCUT2D eigenvalue weighted by atomic mass is 16.5. The molecule has 0 radical (unpaired) electrons. The SMILES string of the molecule is COc1ccccc1CN1C(=O)[C@@H]2[C@H](CC(N)=O)N[C@@]3(C(=O)Nc4c(C)cc(C)cc43)[C@H]2C1=O.